The Bertz CT molecular complexity index is 1200. The third-order valence-corrected chi connectivity index (χ3v) is 4.51. The molecule has 0 saturated heterocycles. The van der Waals surface area contributed by atoms with E-state index in [0.29, 0.717) is 22.2 Å². The highest BCUT2D eigenvalue weighted by atomic mass is 16.2. The number of carbonyl (C=O) groups excluding carboxylic acids is 1. The van der Waals surface area contributed by atoms with E-state index in [9.17, 15) is 9.59 Å². The summed E-state index contributed by atoms with van der Waals surface area (Å²) in [6.45, 7) is 2.05. The largest absolute Gasteiger partial charge is 0.280 e. The maximum atomic E-state index is 13.1. The molecule has 0 unspecified atom stereocenters. The first-order chi connectivity index (χ1) is 13.7. The van der Waals surface area contributed by atoms with Crippen LogP contribution in [0.2, 0.25) is 0 Å². The van der Waals surface area contributed by atoms with Crippen LogP contribution in [0.4, 0.5) is 0 Å². The predicted octanol–water partition coefficient (Wildman–Crippen LogP) is 3.40. The lowest BCUT2D eigenvalue weighted by atomic mass is 10.1. The minimum atomic E-state index is -0.390. The predicted molar refractivity (Wildman–Crippen MR) is 109 cm³/mol. The van der Waals surface area contributed by atoms with Crippen LogP contribution in [0.3, 0.4) is 0 Å². The van der Waals surface area contributed by atoms with Gasteiger partial charge in [-0.15, -0.1) is 0 Å². The molecule has 6 nitrogen and oxygen atoms in total. The summed E-state index contributed by atoms with van der Waals surface area (Å²) >= 11 is 0. The molecule has 0 spiro atoms. The van der Waals surface area contributed by atoms with Crippen LogP contribution < -0.4 is 11.0 Å². The van der Waals surface area contributed by atoms with Gasteiger partial charge < -0.3 is 0 Å². The number of carbonyl (C=O) groups is 1. The Morgan fingerprint density at radius 3 is 2.46 bits per heavy atom. The number of nitrogens with zero attached hydrogens (tertiary/aromatic N) is 3. The number of aryl methyl sites for hydroxylation is 1. The molecule has 1 amide bonds. The van der Waals surface area contributed by atoms with E-state index in [0.717, 1.165) is 12.0 Å². The minimum absolute atomic E-state index is 0.280. The maximum Gasteiger partial charge on any atom is 0.280 e. The molecule has 2 aromatic carbocycles. The number of para-hydroxylation sites is 1. The standard InChI is InChI=1S/C22H18N4O2/c1-2-15-10-12-16(13-11-15)21(27)25-26-20(19-9-5-6-14-23-19)24-18-8-4-3-7-17(18)22(26)28/h3-14H,2H2,1H3,(H,25,27). The normalized spacial score (nSPS) is 10.8. The van der Waals surface area contributed by atoms with Crippen LogP contribution in [0.25, 0.3) is 22.4 Å². The Kier molecular flexibility index (Phi) is 4.68. The Balaban J connectivity index is 1.83. The van der Waals surface area contributed by atoms with Gasteiger partial charge >= 0.3 is 0 Å². The zero-order chi connectivity index (χ0) is 19.5. The molecular formula is C22H18N4O2. The Morgan fingerprint density at radius 1 is 1.00 bits per heavy atom. The van der Waals surface area contributed by atoms with Crippen LogP contribution in [0, 0.1) is 0 Å². The van der Waals surface area contributed by atoms with Gasteiger partial charge in [0.1, 0.15) is 5.69 Å². The molecule has 0 atom stereocenters. The third-order valence-electron chi connectivity index (χ3n) is 4.51. The van der Waals surface area contributed by atoms with E-state index in [2.05, 4.69) is 22.3 Å². The van der Waals surface area contributed by atoms with E-state index in [-0.39, 0.29) is 17.3 Å². The summed E-state index contributed by atoms with van der Waals surface area (Å²) in [7, 11) is 0. The molecule has 6 heteroatoms. The molecule has 28 heavy (non-hydrogen) atoms. The lowest BCUT2D eigenvalue weighted by Crippen LogP contribution is -2.35. The highest BCUT2D eigenvalue weighted by molar-refractivity contribution is 6.00. The van der Waals surface area contributed by atoms with E-state index in [1.165, 1.54) is 4.68 Å². The number of amides is 1. The molecular weight excluding hydrogens is 352 g/mol. The third kappa shape index (κ3) is 3.27. The van der Waals surface area contributed by atoms with Gasteiger partial charge in [-0.05, 0) is 48.4 Å². The first-order valence-electron chi connectivity index (χ1n) is 9.01. The second-order valence-electron chi connectivity index (χ2n) is 6.30. The average Bonchev–Trinajstić information content (AvgIpc) is 2.76. The number of pyridine rings is 1. The molecule has 4 rings (SSSR count). The second-order valence-corrected chi connectivity index (χ2v) is 6.30. The van der Waals surface area contributed by atoms with Gasteiger partial charge in [-0.25, -0.2) is 4.98 Å². The van der Waals surface area contributed by atoms with Crippen molar-refractivity contribution >= 4 is 16.8 Å². The van der Waals surface area contributed by atoms with Gasteiger partial charge in [-0.1, -0.05) is 37.3 Å². The maximum absolute atomic E-state index is 13.1. The average molecular weight is 370 g/mol. The molecule has 2 aromatic heterocycles. The smallest absolute Gasteiger partial charge is 0.267 e. The molecule has 2 heterocycles. The molecule has 0 radical (unpaired) electrons. The van der Waals surface area contributed by atoms with Gasteiger partial charge in [0.05, 0.1) is 10.9 Å². The van der Waals surface area contributed by atoms with Crippen LogP contribution >= 0.6 is 0 Å². The van der Waals surface area contributed by atoms with Crippen molar-refractivity contribution in [1.29, 1.82) is 0 Å². The van der Waals surface area contributed by atoms with Gasteiger partial charge in [-0.3, -0.25) is 20.0 Å². The second kappa shape index (κ2) is 7.44. The summed E-state index contributed by atoms with van der Waals surface area (Å²) in [5.41, 5.74) is 4.97. The highest BCUT2D eigenvalue weighted by Gasteiger charge is 2.16. The monoisotopic (exact) mass is 370 g/mol. The van der Waals surface area contributed by atoms with Crippen molar-refractivity contribution in [3.63, 3.8) is 0 Å². The quantitative estimate of drug-likeness (QED) is 0.597. The number of rotatable bonds is 4. The molecule has 4 aromatic rings. The Labute approximate surface area is 161 Å². The fourth-order valence-corrected chi connectivity index (χ4v) is 2.96. The van der Waals surface area contributed by atoms with E-state index in [4.69, 9.17) is 0 Å². The summed E-state index contributed by atoms with van der Waals surface area (Å²) in [5, 5.41) is 0.420. The number of fused-ring (bicyclic) bond motifs is 1. The minimum Gasteiger partial charge on any atom is -0.267 e. The molecule has 0 aliphatic carbocycles. The molecule has 138 valence electrons. The van der Waals surface area contributed by atoms with Crippen LogP contribution in [-0.2, 0) is 6.42 Å². The van der Waals surface area contributed by atoms with Gasteiger partial charge in [0, 0.05) is 11.8 Å². The van der Waals surface area contributed by atoms with Crippen LogP contribution in [0.1, 0.15) is 22.8 Å². The number of nitrogens with one attached hydrogen (secondary N) is 1. The van der Waals surface area contributed by atoms with Crippen LogP contribution in [0.15, 0.2) is 77.7 Å². The van der Waals surface area contributed by atoms with Gasteiger partial charge in [0.2, 0.25) is 0 Å². The highest BCUT2D eigenvalue weighted by Crippen LogP contribution is 2.16. The van der Waals surface area contributed by atoms with Gasteiger partial charge in [0.15, 0.2) is 5.82 Å². The summed E-state index contributed by atoms with van der Waals surface area (Å²) in [6, 6.07) is 19.6. The van der Waals surface area contributed by atoms with Gasteiger partial charge in [-0.2, -0.15) is 4.68 Å². The first kappa shape index (κ1) is 17.6. The van der Waals surface area contributed by atoms with Crippen LogP contribution in [-0.4, -0.2) is 20.6 Å². The molecule has 0 bridgehead atoms. The lowest BCUT2D eigenvalue weighted by molar-refractivity contribution is 0.101. The lowest BCUT2D eigenvalue weighted by Gasteiger charge is -2.14. The first-order valence-corrected chi connectivity index (χ1v) is 9.01. The SMILES string of the molecule is CCc1ccc(C(=O)Nn2c(-c3ccccn3)nc3ccccc3c2=O)cc1. The summed E-state index contributed by atoms with van der Waals surface area (Å²) in [5.74, 6) is -0.109. The van der Waals surface area contributed by atoms with E-state index < -0.39 is 0 Å². The molecule has 0 saturated carbocycles. The Morgan fingerprint density at radius 2 is 1.75 bits per heavy atom. The number of benzene rings is 2. The van der Waals surface area contributed by atoms with Crippen molar-refractivity contribution in [3.05, 3.63) is 94.4 Å². The van der Waals surface area contributed by atoms with Crippen molar-refractivity contribution in [3.8, 4) is 11.5 Å². The van der Waals surface area contributed by atoms with E-state index >= 15 is 0 Å². The molecule has 1 N–H and O–H groups in total. The van der Waals surface area contributed by atoms with E-state index in [1.54, 1.807) is 54.7 Å². The van der Waals surface area contributed by atoms with Crippen molar-refractivity contribution in [2.24, 2.45) is 0 Å². The number of hydrogen-bond donors (Lipinski definition) is 1. The van der Waals surface area contributed by atoms with Crippen molar-refractivity contribution < 1.29 is 4.79 Å². The summed E-state index contributed by atoms with van der Waals surface area (Å²) in [6.07, 6.45) is 2.51. The van der Waals surface area contributed by atoms with Crippen molar-refractivity contribution in [2.45, 2.75) is 13.3 Å². The Hall–Kier alpha value is -3.80. The number of aromatic nitrogens is 3. The fourth-order valence-electron chi connectivity index (χ4n) is 2.96. The zero-order valence-corrected chi connectivity index (χ0v) is 15.3. The molecule has 0 aliphatic heterocycles. The van der Waals surface area contributed by atoms with E-state index in [1.807, 2.05) is 18.2 Å². The molecule has 0 fully saturated rings. The van der Waals surface area contributed by atoms with Crippen molar-refractivity contribution in [2.75, 3.05) is 5.43 Å². The summed E-state index contributed by atoms with van der Waals surface area (Å²) < 4.78 is 1.17. The summed E-state index contributed by atoms with van der Waals surface area (Å²) in [4.78, 5) is 34.7. The fraction of sp³-hybridized carbons (Fsp3) is 0.0909. The van der Waals surface area contributed by atoms with Crippen molar-refractivity contribution in [1.82, 2.24) is 14.6 Å². The zero-order valence-electron chi connectivity index (χ0n) is 15.3. The topological polar surface area (TPSA) is 76.9 Å². The number of hydrogen-bond acceptors (Lipinski definition) is 4. The van der Waals surface area contributed by atoms with Crippen LogP contribution in [0.5, 0.6) is 0 Å². The van der Waals surface area contributed by atoms with Gasteiger partial charge in [0.25, 0.3) is 11.5 Å². The molecule has 0 aliphatic rings.